The number of nitrogens with zero attached hydrogens (tertiary/aromatic N) is 2. The first-order valence-electron chi connectivity index (χ1n) is 6.71. The zero-order valence-corrected chi connectivity index (χ0v) is 10.9. The van der Waals surface area contributed by atoms with Crippen molar-refractivity contribution in [3.8, 4) is 0 Å². The number of aromatic nitrogens is 2. The maximum Gasteiger partial charge on any atom is 0.329 e. The highest BCUT2D eigenvalue weighted by atomic mass is 16.4. The molecule has 1 fully saturated rings. The Morgan fingerprint density at radius 3 is 2.67 bits per heavy atom. The van der Waals surface area contributed by atoms with Crippen LogP contribution in [0.2, 0.25) is 0 Å². The molecular formula is C13H21N3O2. The van der Waals surface area contributed by atoms with E-state index < -0.39 is 11.5 Å². The average molecular weight is 251 g/mol. The molecule has 0 unspecified atom stereocenters. The molecule has 0 radical (unpaired) electrons. The highest BCUT2D eigenvalue weighted by molar-refractivity contribution is 5.82. The Morgan fingerprint density at radius 1 is 1.44 bits per heavy atom. The van der Waals surface area contributed by atoms with E-state index in [1.54, 1.807) is 6.20 Å². The molecule has 0 amide bonds. The summed E-state index contributed by atoms with van der Waals surface area (Å²) < 4.78 is 1.94. The Labute approximate surface area is 107 Å². The van der Waals surface area contributed by atoms with Gasteiger partial charge >= 0.3 is 5.97 Å². The van der Waals surface area contributed by atoms with E-state index in [4.69, 9.17) is 0 Å². The van der Waals surface area contributed by atoms with Gasteiger partial charge in [-0.2, -0.15) is 0 Å². The number of carbonyl (C=O) groups is 1. The molecule has 1 saturated carbocycles. The van der Waals surface area contributed by atoms with Gasteiger partial charge in [-0.25, -0.2) is 9.78 Å². The van der Waals surface area contributed by atoms with E-state index in [1.165, 1.54) is 0 Å². The van der Waals surface area contributed by atoms with Crippen molar-refractivity contribution in [2.24, 2.45) is 0 Å². The molecule has 5 nitrogen and oxygen atoms in total. The third-order valence-electron chi connectivity index (χ3n) is 3.77. The highest BCUT2D eigenvalue weighted by Gasteiger charge is 2.39. The van der Waals surface area contributed by atoms with Gasteiger partial charge in [0.1, 0.15) is 5.54 Å². The van der Waals surface area contributed by atoms with E-state index in [9.17, 15) is 9.90 Å². The highest BCUT2D eigenvalue weighted by Crippen LogP contribution is 2.30. The van der Waals surface area contributed by atoms with Gasteiger partial charge in [-0.1, -0.05) is 25.7 Å². The SMILES string of the molecule is CCn1ccnc1NC1(C(=O)O)CCCCCC1. The van der Waals surface area contributed by atoms with E-state index in [-0.39, 0.29) is 0 Å². The van der Waals surface area contributed by atoms with E-state index in [0.29, 0.717) is 18.8 Å². The third-order valence-corrected chi connectivity index (χ3v) is 3.77. The second kappa shape index (κ2) is 5.42. The molecule has 0 aromatic carbocycles. The lowest BCUT2D eigenvalue weighted by Crippen LogP contribution is -2.46. The van der Waals surface area contributed by atoms with Crippen molar-refractivity contribution in [3.63, 3.8) is 0 Å². The molecule has 0 atom stereocenters. The molecule has 5 heteroatoms. The van der Waals surface area contributed by atoms with E-state index in [1.807, 2.05) is 17.7 Å². The Bertz CT molecular complexity index is 406. The van der Waals surface area contributed by atoms with Crippen LogP contribution in [0.25, 0.3) is 0 Å². The number of hydrogen-bond acceptors (Lipinski definition) is 3. The van der Waals surface area contributed by atoms with Crippen molar-refractivity contribution in [2.45, 2.75) is 57.5 Å². The predicted octanol–water partition coefficient (Wildman–Crippen LogP) is 2.49. The van der Waals surface area contributed by atoms with Crippen LogP contribution in [-0.4, -0.2) is 26.2 Å². The van der Waals surface area contributed by atoms with Crippen LogP contribution in [0.3, 0.4) is 0 Å². The summed E-state index contributed by atoms with van der Waals surface area (Å²) in [5.41, 5.74) is -0.839. The fourth-order valence-electron chi connectivity index (χ4n) is 2.63. The van der Waals surface area contributed by atoms with Gasteiger partial charge in [-0.05, 0) is 19.8 Å². The fourth-order valence-corrected chi connectivity index (χ4v) is 2.63. The van der Waals surface area contributed by atoms with E-state index in [2.05, 4.69) is 10.3 Å². The number of aliphatic carboxylic acids is 1. The number of rotatable bonds is 4. The molecule has 1 aliphatic carbocycles. The third kappa shape index (κ3) is 2.49. The van der Waals surface area contributed by atoms with Crippen LogP contribution < -0.4 is 5.32 Å². The average Bonchev–Trinajstić information content (AvgIpc) is 2.65. The Kier molecular flexibility index (Phi) is 3.89. The summed E-state index contributed by atoms with van der Waals surface area (Å²) in [6.45, 7) is 2.81. The molecule has 18 heavy (non-hydrogen) atoms. The van der Waals surface area contributed by atoms with Crippen molar-refractivity contribution in [3.05, 3.63) is 12.4 Å². The topological polar surface area (TPSA) is 67.2 Å². The number of carboxylic acid groups (broad SMARTS) is 1. The standard InChI is InChI=1S/C13H21N3O2/c1-2-16-10-9-14-12(16)15-13(11(17)18)7-5-3-4-6-8-13/h9-10H,2-8H2,1H3,(H,14,15)(H,17,18). The molecule has 2 N–H and O–H groups in total. The maximum absolute atomic E-state index is 11.7. The summed E-state index contributed by atoms with van der Waals surface area (Å²) in [5.74, 6) is -0.0862. The minimum absolute atomic E-state index is 0.668. The van der Waals surface area contributed by atoms with Crippen LogP contribution >= 0.6 is 0 Å². The Morgan fingerprint density at radius 2 is 2.11 bits per heavy atom. The molecule has 1 aromatic heterocycles. The minimum atomic E-state index is -0.839. The van der Waals surface area contributed by atoms with Gasteiger partial charge in [0.25, 0.3) is 0 Å². The number of carboxylic acids is 1. The molecule has 0 spiro atoms. The van der Waals surface area contributed by atoms with Gasteiger partial charge in [-0.15, -0.1) is 0 Å². The normalized spacial score (nSPS) is 19.2. The number of imidazole rings is 1. The largest absolute Gasteiger partial charge is 0.480 e. The zero-order chi connectivity index (χ0) is 13.0. The number of hydrogen-bond donors (Lipinski definition) is 2. The second-order valence-corrected chi connectivity index (χ2v) is 4.96. The van der Waals surface area contributed by atoms with Crippen LogP contribution in [-0.2, 0) is 11.3 Å². The molecule has 100 valence electrons. The molecule has 1 aliphatic rings. The first-order chi connectivity index (χ1) is 8.68. The van der Waals surface area contributed by atoms with Gasteiger partial charge < -0.3 is 15.0 Å². The summed E-state index contributed by atoms with van der Waals surface area (Å²) in [7, 11) is 0. The van der Waals surface area contributed by atoms with Crippen molar-refractivity contribution in [2.75, 3.05) is 5.32 Å². The van der Waals surface area contributed by atoms with Crippen molar-refractivity contribution < 1.29 is 9.90 Å². The molecular weight excluding hydrogens is 230 g/mol. The van der Waals surface area contributed by atoms with Gasteiger partial charge in [0.15, 0.2) is 0 Å². The van der Waals surface area contributed by atoms with Gasteiger partial charge in [0.2, 0.25) is 5.95 Å². The molecule has 1 aromatic rings. The summed E-state index contributed by atoms with van der Waals surface area (Å²) in [6, 6.07) is 0. The molecule has 1 heterocycles. The van der Waals surface area contributed by atoms with Gasteiger partial charge in [0.05, 0.1) is 0 Å². The molecule has 2 rings (SSSR count). The van der Waals surface area contributed by atoms with Crippen LogP contribution in [0, 0.1) is 0 Å². The lowest BCUT2D eigenvalue weighted by atomic mass is 9.90. The maximum atomic E-state index is 11.7. The summed E-state index contributed by atoms with van der Waals surface area (Å²) in [6.07, 6.45) is 9.11. The lowest BCUT2D eigenvalue weighted by Gasteiger charge is -2.30. The second-order valence-electron chi connectivity index (χ2n) is 4.96. The van der Waals surface area contributed by atoms with E-state index in [0.717, 1.165) is 32.2 Å². The van der Waals surface area contributed by atoms with Crippen LogP contribution in [0.5, 0.6) is 0 Å². The predicted molar refractivity (Wildman–Crippen MR) is 69.6 cm³/mol. The Hall–Kier alpha value is -1.52. The van der Waals surface area contributed by atoms with Gasteiger partial charge in [0, 0.05) is 18.9 Å². The first-order valence-corrected chi connectivity index (χ1v) is 6.71. The van der Waals surface area contributed by atoms with Crippen molar-refractivity contribution in [1.29, 1.82) is 0 Å². The number of nitrogens with one attached hydrogen (secondary N) is 1. The lowest BCUT2D eigenvalue weighted by molar-refractivity contribution is -0.142. The summed E-state index contributed by atoms with van der Waals surface area (Å²) >= 11 is 0. The molecule has 0 bridgehead atoms. The van der Waals surface area contributed by atoms with Gasteiger partial charge in [-0.3, -0.25) is 0 Å². The fraction of sp³-hybridized carbons (Fsp3) is 0.692. The van der Waals surface area contributed by atoms with Crippen LogP contribution in [0.4, 0.5) is 5.95 Å². The number of aryl methyl sites for hydroxylation is 1. The van der Waals surface area contributed by atoms with Crippen LogP contribution in [0.15, 0.2) is 12.4 Å². The smallest absolute Gasteiger partial charge is 0.329 e. The van der Waals surface area contributed by atoms with Crippen molar-refractivity contribution in [1.82, 2.24) is 9.55 Å². The monoisotopic (exact) mass is 251 g/mol. The zero-order valence-electron chi connectivity index (χ0n) is 10.9. The first kappa shape index (κ1) is 12.9. The van der Waals surface area contributed by atoms with Crippen molar-refractivity contribution >= 4 is 11.9 Å². The number of anilines is 1. The molecule has 0 aliphatic heterocycles. The Balaban J connectivity index is 2.22. The van der Waals surface area contributed by atoms with Crippen LogP contribution in [0.1, 0.15) is 45.4 Å². The minimum Gasteiger partial charge on any atom is -0.480 e. The summed E-state index contributed by atoms with van der Waals surface area (Å²) in [4.78, 5) is 15.9. The quantitative estimate of drug-likeness (QED) is 0.807. The van der Waals surface area contributed by atoms with E-state index >= 15 is 0 Å². The molecule has 0 saturated heterocycles. The summed E-state index contributed by atoms with van der Waals surface area (Å²) in [5, 5.41) is 12.8.